The molecule has 11 heteroatoms. The Kier molecular flexibility index (Phi) is 10.9. The Morgan fingerprint density at radius 3 is 2.20 bits per heavy atom. The van der Waals surface area contributed by atoms with Crippen LogP contribution in [0.3, 0.4) is 0 Å². The van der Waals surface area contributed by atoms with Gasteiger partial charge in [-0.3, -0.25) is 9.78 Å². The maximum absolute atomic E-state index is 15.0. The average Bonchev–Trinajstić information content (AvgIpc) is 3.02. The van der Waals surface area contributed by atoms with Gasteiger partial charge < -0.3 is 21.1 Å². The Hall–Kier alpha value is -3.41. The van der Waals surface area contributed by atoms with Crippen molar-refractivity contribution in [3.8, 4) is 0 Å². The van der Waals surface area contributed by atoms with E-state index >= 15 is 4.39 Å². The molecule has 1 fully saturated rings. The Morgan fingerprint density at radius 1 is 0.955 bits per heavy atom. The first-order chi connectivity index (χ1) is 21.3. The molecule has 2 heterocycles. The standard InChI is InChI=1S/C33H32ClF3N4O2S/c34-22-5-12-27(13-6-22)44-19-26-16-39-15-25(43-26)11-14-28-29(37)17-40-18-30(28)41-33(42)32(38)31(20-1-7-23(35)8-2-20)21-3-9-24(36)10-4-21/h1-10,12-13,17-18,25-26,31-32,39H,11,14-16,19,38H2,(H,41,42)/t25-,26+,32-/m1/s1. The largest absolute Gasteiger partial charge is 0.371 e. The highest BCUT2D eigenvalue weighted by Gasteiger charge is 2.29. The molecule has 6 nitrogen and oxygen atoms in total. The van der Waals surface area contributed by atoms with Crippen molar-refractivity contribution in [2.75, 3.05) is 24.2 Å². The fraction of sp³-hybridized carbons (Fsp3) is 0.273. The summed E-state index contributed by atoms with van der Waals surface area (Å²) in [6.07, 6.45) is 3.12. The summed E-state index contributed by atoms with van der Waals surface area (Å²) < 4.78 is 48.7. The summed E-state index contributed by atoms with van der Waals surface area (Å²) in [6.45, 7) is 1.33. The zero-order valence-electron chi connectivity index (χ0n) is 23.7. The number of halogens is 4. The maximum Gasteiger partial charge on any atom is 0.242 e. The van der Waals surface area contributed by atoms with E-state index in [4.69, 9.17) is 22.1 Å². The van der Waals surface area contributed by atoms with E-state index in [9.17, 15) is 13.6 Å². The topological polar surface area (TPSA) is 89.3 Å². The van der Waals surface area contributed by atoms with Crippen LogP contribution in [0.2, 0.25) is 5.02 Å². The van der Waals surface area contributed by atoms with E-state index in [0.29, 0.717) is 47.6 Å². The predicted molar refractivity (Wildman–Crippen MR) is 167 cm³/mol. The van der Waals surface area contributed by atoms with E-state index in [1.54, 1.807) is 11.8 Å². The number of thioether (sulfide) groups is 1. The number of hydrogen-bond donors (Lipinski definition) is 3. The van der Waals surface area contributed by atoms with E-state index in [0.717, 1.165) is 16.8 Å². The van der Waals surface area contributed by atoms with Crippen molar-refractivity contribution in [1.29, 1.82) is 0 Å². The lowest BCUT2D eigenvalue weighted by molar-refractivity contribution is -0.117. The maximum atomic E-state index is 15.0. The first-order valence-electron chi connectivity index (χ1n) is 14.2. The first-order valence-corrected chi connectivity index (χ1v) is 15.6. The Bertz CT molecular complexity index is 1500. The lowest BCUT2D eigenvalue weighted by atomic mass is 9.85. The Morgan fingerprint density at radius 2 is 1.57 bits per heavy atom. The van der Waals surface area contributed by atoms with Gasteiger partial charge in [0, 0.05) is 40.2 Å². The second-order valence-electron chi connectivity index (χ2n) is 10.6. The minimum absolute atomic E-state index is 0.0243. The lowest BCUT2D eigenvalue weighted by Crippen LogP contribution is -2.46. The molecule has 4 aromatic rings. The number of benzene rings is 3. The second-order valence-corrected chi connectivity index (χ2v) is 12.1. The summed E-state index contributed by atoms with van der Waals surface area (Å²) in [5.74, 6) is -1.99. The molecule has 0 saturated carbocycles. The van der Waals surface area contributed by atoms with Crippen molar-refractivity contribution < 1.29 is 22.7 Å². The van der Waals surface area contributed by atoms with E-state index in [-0.39, 0.29) is 17.9 Å². The van der Waals surface area contributed by atoms with E-state index in [1.807, 2.05) is 24.3 Å². The molecule has 0 aliphatic carbocycles. The van der Waals surface area contributed by atoms with Crippen LogP contribution in [0.25, 0.3) is 0 Å². The van der Waals surface area contributed by atoms with Crippen molar-refractivity contribution >= 4 is 35.0 Å². The third-order valence-corrected chi connectivity index (χ3v) is 8.87. The molecular formula is C33H32ClF3N4O2S. The SMILES string of the molecule is N[C@@H](C(=O)Nc1cncc(F)c1CC[C@@H]1CNC[C@@H](CSc2ccc(Cl)cc2)O1)C(c1ccc(F)cc1)c1ccc(F)cc1. The molecule has 0 bridgehead atoms. The number of carbonyl (C=O) groups excluding carboxylic acids is 1. The lowest BCUT2D eigenvalue weighted by Gasteiger charge is -2.31. The molecule has 1 aromatic heterocycles. The number of anilines is 1. The molecule has 5 rings (SSSR count). The molecular weight excluding hydrogens is 609 g/mol. The molecule has 0 unspecified atom stereocenters. The Labute approximate surface area is 263 Å². The van der Waals surface area contributed by atoms with Crippen molar-refractivity contribution in [2.24, 2.45) is 5.73 Å². The number of pyridine rings is 1. The molecule has 1 aliphatic rings. The fourth-order valence-corrected chi connectivity index (χ4v) is 6.23. The summed E-state index contributed by atoms with van der Waals surface area (Å²) >= 11 is 7.66. The molecule has 44 heavy (non-hydrogen) atoms. The number of nitrogens with zero attached hydrogens (tertiary/aromatic N) is 1. The van der Waals surface area contributed by atoms with E-state index in [2.05, 4.69) is 15.6 Å². The molecule has 4 N–H and O–H groups in total. The van der Waals surface area contributed by atoms with Gasteiger partial charge in [-0.1, -0.05) is 35.9 Å². The van der Waals surface area contributed by atoms with Crippen LogP contribution in [-0.2, 0) is 16.0 Å². The number of aromatic nitrogens is 1. The third-order valence-electron chi connectivity index (χ3n) is 7.48. The molecule has 1 aliphatic heterocycles. The van der Waals surface area contributed by atoms with Gasteiger partial charge >= 0.3 is 0 Å². The molecule has 1 amide bonds. The molecule has 3 atom stereocenters. The number of carbonyl (C=O) groups is 1. The number of nitrogens with one attached hydrogen (secondary N) is 2. The number of hydrogen-bond acceptors (Lipinski definition) is 6. The van der Waals surface area contributed by atoms with Crippen LogP contribution < -0.4 is 16.4 Å². The summed E-state index contributed by atoms with van der Waals surface area (Å²) in [5, 5.41) is 6.83. The van der Waals surface area contributed by atoms with Crippen LogP contribution in [0.4, 0.5) is 18.9 Å². The second kappa shape index (κ2) is 15.0. The summed E-state index contributed by atoms with van der Waals surface area (Å²) in [4.78, 5) is 18.5. The first kappa shape index (κ1) is 32.0. The number of rotatable bonds is 11. The van der Waals surface area contributed by atoms with Gasteiger partial charge in [0.05, 0.1) is 36.3 Å². The van der Waals surface area contributed by atoms with Crippen LogP contribution in [-0.4, -0.2) is 48.0 Å². The highest BCUT2D eigenvalue weighted by atomic mass is 35.5. The predicted octanol–water partition coefficient (Wildman–Crippen LogP) is 6.33. The van der Waals surface area contributed by atoms with Crippen LogP contribution in [0, 0.1) is 17.5 Å². The van der Waals surface area contributed by atoms with Crippen molar-refractivity contribution in [1.82, 2.24) is 10.3 Å². The normalized spacial score (nSPS) is 17.4. The van der Waals surface area contributed by atoms with Crippen LogP contribution in [0.15, 0.2) is 90.1 Å². The monoisotopic (exact) mass is 640 g/mol. The molecule has 0 radical (unpaired) electrons. The highest BCUT2D eigenvalue weighted by Crippen LogP contribution is 2.30. The van der Waals surface area contributed by atoms with Crippen molar-refractivity contribution in [2.45, 2.75) is 41.9 Å². The van der Waals surface area contributed by atoms with Crippen molar-refractivity contribution in [3.63, 3.8) is 0 Å². The minimum Gasteiger partial charge on any atom is -0.371 e. The number of amides is 1. The van der Waals surface area contributed by atoms with Gasteiger partial charge in [0.2, 0.25) is 5.91 Å². The minimum atomic E-state index is -1.16. The van der Waals surface area contributed by atoms with E-state index in [1.165, 1.54) is 54.7 Å². The van der Waals surface area contributed by atoms with Crippen LogP contribution >= 0.6 is 23.4 Å². The van der Waals surface area contributed by atoms with Gasteiger partial charge in [-0.2, -0.15) is 0 Å². The summed E-state index contributed by atoms with van der Waals surface area (Å²) in [7, 11) is 0. The zero-order valence-corrected chi connectivity index (χ0v) is 25.3. The Balaban J connectivity index is 1.25. The van der Waals surface area contributed by atoms with Crippen molar-refractivity contribution in [3.05, 3.63) is 124 Å². The molecule has 230 valence electrons. The van der Waals surface area contributed by atoms with Crippen LogP contribution in [0.1, 0.15) is 29.0 Å². The van der Waals surface area contributed by atoms with E-state index < -0.39 is 35.3 Å². The number of nitrogens with two attached hydrogens (primary N) is 1. The van der Waals surface area contributed by atoms with Gasteiger partial charge in [0.15, 0.2) is 0 Å². The highest BCUT2D eigenvalue weighted by molar-refractivity contribution is 7.99. The summed E-state index contributed by atoms with van der Waals surface area (Å²) in [6, 6.07) is 17.7. The van der Waals surface area contributed by atoms with Gasteiger partial charge in [-0.15, -0.1) is 11.8 Å². The quantitative estimate of drug-likeness (QED) is 0.166. The fourth-order valence-electron chi connectivity index (χ4n) is 5.21. The van der Waals surface area contributed by atoms with Gasteiger partial charge in [0.25, 0.3) is 0 Å². The molecule has 0 spiro atoms. The molecule has 1 saturated heterocycles. The number of morpholine rings is 1. The van der Waals surface area contributed by atoms with Gasteiger partial charge in [0.1, 0.15) is 17.5 Å². The number of ether oxygens (including phenoxy) is 1. The molecule has 3 aromatic carbocycles. The average molecular weight is 641 g/mol. The smallest absolute Gasteiger partial charge is 0.242 e. The van der Waals surface area contributed by atoms with Gasteiger partial charge in [-0.25, -0.2) is 13.2 Å². The zero-order chi connectivity index (χ0) is 31.1. The van der Waals surface area contributed by atoms with Gasteiger partial charge in [-0.05, 0) is 72.5 Å². The summed E-state index contributed by atoms with van der Waals surface area (Å²) in [5.41, 5.74) is 8.12. The third kappa shape index (κ3) is 8.40. The van der Waals surface area contributed by atoms with Crippen LogP contribution in [0.5, 0.6) is 0 Å².